The summed E-state index contributed by atoms with van der Waals surface area (Å²) in [4.78, 5) is 7.41. The molecule has 2 heterocycles. The smallest absolute Gasteiger partial charge is 0.191 e. The molecule has 2 saturated heterocycles. The number of nitrogens with zero attached hydrogens (tertiary/aromatic N) is 2. The van der Waals surface area contributed by atoms with Crippen molar-refractivity contribution in [3.63, 3.8) is 0 Å². The van der Waals surface area contributed by atoms with Gasteiger partial charge in [-0.1, -0.05) is 42.5 Å². The summed E-state index contributed by atoms with van der Waals surface area (Å²) in [5.41, 5.74) is 2.51. The van der Waals surface area contributed by atoms with Crippen LogP contribution in [-0.4, -0.2) is 56.2 Å². The van der Waals surface area contributed by atoms with Gasteiger partial charge in [0.05, 0.1) is 6.10 Å². The third-order valence-corrected chi connectivity index (χ3v) is 5.59. The third-order valence-electron chi connectivity index (χ3n) is 5.59. The molecular formula is C23H36N4O. The molecule has 0 amide bonds. The van der Waals surface area contributed by atoms with Gasteiger partial charge in [0.25, 0.3) is 0 Å². The summed E-state index contributed by atoms with van der Waals surface area (Å²) in [6.45, 7) is 14.0. The van der Waals surface area contributed by atoms with Crippen LogP contribution in [0.2, 0.25) is 0 Å². The van der Waals surface area contributed by atoms with Crippen molar-refractivity contribution in [1.82, 2.24) is 15.5 Å². The van der Waals surface area contributed by atoms with E-state index in [1.807, 2.05) is 0 Å². The zero-order valence-electron chi connectivity index (χ0n) is 17.5. The van der Waals surface area contributed by atoms with Crippen LogP contribution in [0.3, 0.4) is 0 Å². The number of nitrogens with one attached hydrogen (secondary N) is 2. The van der Waals surface area contributed by atoms with Crippen molar-refractivity contribution in [2.75, 3.05) is 39.3 Å². The molecule has 2 N–H and O–H groups in total. The lowest BCUT2D eigenvalue weighted by molar-refractivity contribution is 0.0925. The van der Waals surface area contributed by atoms with Crippen molar-refractivity contribution in [1.29, 1.82) is 0 Å². The normalized spacial score (nSPS) is 24.3. The molecule has 5 heteroatoms. The number of aliphatic imine (C=N–C) groups is 1. The summed E-state index contributed by atoms with van der Waals surface area (Å²) in [7, 11) is 0. The van der Waals surface area contributed by atoms with Crippen molar-refractivity contribution in [3.8, 4) is 0 Å². The molecule has 2 aliphatic rings. The molecule has 5 nitrogen and oxygen atoms in total. The highest BCUT2D eigenvalue weighted by Crippen LogP contribution is 2.34. The number of hydrogen-bond acceptors (Lipinski definition) is 3. The van der Waals surface area contributed by atoms with Crippen molar-refractivity contribution in [2.24, 2.45) is 10.9 Å². The topological polar surface area (TPSA) is 48.9 Å². The van der Waals surface area contributed by atoms with E-state index in [4.69, 9.17) is 9.73 Å². The molecule has 2 unspecified atom stereocenters. The minimum absolute atomic E-state index is 0.165. The number of guanidine groups is 1. The summed E-state index contributed by atoms with van der Waals surface area (Å²) in [5, 5.41) is 7.08. The van der Waals surface area contributed by atoms with Crippen LogP contribution in [0.4, 0.5) is 0 Å². The fourth-order valence-electron chi connectivity index (χ4n) is 4.17. The number of ether oxygens (including phenoxy) is 1. The maximum atomic E-state index is 6.01. The summed E-state index contributed by atoms with van der Waals surface area (Å²) in [5.74, 6) is 1.38. The van der Waals surface area contributed by atoms with E-state index in [-0.39, 0.29) is 6.10 Å². The van der Waals surface area contributed by atoms with Crippen LogP contribution in [0.25, 0.3) is 0 Å². The van der Waals surface area contributed by atoms with E-state index in [1.54, 1.807) is 0 Å². The molecule has 0 radical (unpaired) electrons. The first-order valence-electron chi connectivity index (χ1n) is 10.7. The molecule has 0 aromatic heterocycles. The average molecular weight is 385 g/mol. The Labute approximate surface area is 170 Å². The molecule has 0 spiro atoms. The van der Waals surface area contributed by atoms with Gasteiger partial charge in [-0.25, -0.2) is 0 Å². The van der Waals surface area contributed by atoms with Crippen molar-refractivity contribution < 1.29 is 4.74 Å². The number of hydrogen-bond donors (Lipinski definition) is 2. The Hall–Kier alpha value is -1.85. The average Bonchev–Trinajstić information content (AvgIpc) is 3.17. The van der Waals surface area contributed by atoms with Crippen LogP contribution in [-0.2, 0) is 4.74 Å². The Morgan fingerprint density at radius 3 is 2.64 bits per heavy atom. The van der Waals surface area contributed by atoms with Gasteiger partial charge < -0.3 is 15.4 Å². The highest BCUT2D eigenvalue weighted by molar-refractivity contribution is 5.80. The Morgan fingerprint density at radius 2 is 1.96 bits per heavy atom. The van der Waals surface area contributed by atoms with Gasteiger partial charge in [0.2, 0.25) is 0 Å². The molecular weight excluding hydrogens is 348 g/mol. The van der Waals surface area contributed by atoms with E-state index in [1.165, 1.54) is 11.1 Å². The molecule has 2 aliphatic heterocycles. The monoisotopic (exact) mass is 384 g/mol. The van der Waals surface area contributed by atoms with Gasteiger partial charge in [0, 0.05) is 51.3 Å². The number of likely N-dealkylation sites (tertiary alicyclic amines) is 1. The Morgan fingerprint density at radius 1 is 1.21 bits per heavy atom. The maximum absolute atomic E-state index is 6.01. The lowest BCUT2D eigenvalue weighted by Gasteiger charge is -2.33. The van der Waals surface area contributed by atoms with Gasteiger partial charge in [-0.2, -0.15) is 0 Å². The largest absolute Gasteiger partial charge is 0.373 e. The predicted molar refractivity (Wildman–Crippen MR) is 117 cm³/mol. The fourth-order valence-corrected chi connectivity index (χ4v) is 4.17. The van der Waals surface area contributed by atoms with Crippen LogP contribution in [0.1, 0.15) is 44.8 Å². The van der Waals surface area contributed by atoms with Crippen molar-refractivity contribution >= 4 is 5.96 Å². The highest BCUT2D eigenvalue weighted by atomic mass is 16.5. The van der Waals surface area contributed by atoms with E-state index >= 15 is 0 Å². The molecule has 2 atom stereocenters. The van der Waals surface area contributed by atoms with Crippen LogP contribution < -0.4 is 10.6 Å². The van der Waals surface area contributed by atoms with Gasteiger partial charge >= 0.3 is 0 Å². The SMILES string of the molecule is C=C(C)CN1CCC(NC(=NCC2CCOC2c2ccccc2)NCC)CC1. The first kappa shape index (κ1) is 20.9. The zero-order chi connectivity index (χ0) is 19.8. The lowest BCUT2D eigenvalue weighted by Crippen LogP contribution is -2.49. The van der Waals surface area contributed by atoms with E-state index in [9.17, 15) is 0 Å². The summed E-state index contributed by atoms with van der Waals surface area (Å²) in [6.07, 6.45) is 3.54. The van der Waals surface area contributed by atoms with Gasteiger partial charge in [-0.3, -0.25) is 9.89 Å². The fraction of sp³-hybridized carbons (Fsp3) is 0.609. The molecule has 0 bridgehead atoms. The lowest BCUT2D eigenvalue weighted by atomic mass is 9.95. The van der Waals surface area contributed by atoms with E-state index in [0.29, 0.717) is 12.0 Å². The first-order valence-corrected chi connectivity index (χ1v) is 10.7. The van der Waals surface area contributed by atoms with Crippen LogP contribution in [0, 0.1) is 5.92 Å². The zero-order valence-corrected chi connectivity index (χ0v) is 17.5. The molecule has 154 valence electrons. The van der Waals surface area contributed by atoms with Gasteiger partial charge in [0.1, 0.15) is 0 Å². The number of benzene rings is 1. The molecule has 0 aliphatic carbocycles. The first-order chi connectivity index (χ1) is 13.7. The van der Waals surface area contributed by atoms with Gasteiger partial charge in [-0.05, 0) is 38.7 Å². The van der Waals surface area contributed by atoms with E-state index in [0.717, 1.165) is 64.6 Å². The van der Waals surface area contributed by atoms with Gasteiger partial charge in [0.15, 0.2) is 5.96 Å². The quantitative estimate of drug-likeness (QED) is 0.430. The Kier molecular flexibility index (Phi) is 7.92. The molecule has 2 fully saturated rings. The van der Waals surface area contributed by atoms with E-state index < -0.39 is 0 Å². The highest BCUT2D eigenvalue weighted by Gasteiger charge is 2.29. The Balaban J connectivity index is 1.53. The van der Waals surface area contributed by atoms with Crippen molar-refractivity contribution in [3.05, 3.63) is 48.0 Å². The standard InChI is InChI=1S/C23H36N4O/c1-4-24-23(26-21-10-13-27(14-11-21)17-18(2)3)25-16-20-12-15-28-22(20)19-8-6-5-7-9-19/h5-9,20-22H,2,4,10-17H2,1,3H3,(H2,24,25,26). The molecule has 1 aromatic rings. The maximum Gasteiger partial charge on any atom is 0.191 e. The summed E-state index contributed by atoms with van der Waals surface area (Å²) < 4.78 is 6.01. The molecule has 1 aromatic carbocycles. The molecule has 0 saturated carbocycles. The predicted octanol–water partition coefficient (Wildman–Crippen LogP) is 3.36. The number of rotatable bonds is 7. The number of piperidine rings is 1. The summed E-state index contributed by atoms with van der Waals surface area (Å²) >= 11 is 0. The molecule has 3 rings (SSSR count). The Bertz CT molecular complexity index is 637. The summed E-state index contributed by atoms with van der Waals surface area (Å²) in [6, 6.07) is 11.0. The minimum Gasteiger partial charge on any atom is -0.373 e. The van der Waals surface area contributed by atoms with Crippen LogP contribution >= 0.6 is 0 Å². The van der Waals surface area contributed by atoms with Gasteiger partial charge in [-0.15, -0.1) is 0 Å². The van der Waals surface area contributed by atoms with Crippen LogP contribution in [0.5, 0.6) is 0 Å². The minimum atomic E-state index is 0.165. The third kappa shape index (κ3) is 6.08. The van der Waals surface area contributed by atoms with Crippen molar-refractivity contribution in [2.45, 2.75) is 45.3 Å². The van der Waals surface area contributed by atoms with E-state index in [2.05, 4.69) is 66.3 Å². The second kappa shape index (κ2) is 10.6. The second-order valence-corrected chi connectivity index (χ2v) is 8.12. The van der Waals surface area contributed by atoms with Crippen LogP contribution in [0.15, 0.2) is 47.5 Å². The molecule has 28 heavy (non-hydrogen) atoms. The second-order valence-electron chi connectivity index (χ2n) is 8.12.